The SMILES string of the molecule is CCCCC/C=C\C/C=C\CCCCCCCCOCC(COC(=O)CCCCCCCCCCCCCCCCCCC)OC(=O)CCCCCCC. The molecule has 54 heavy (non-hydrogen) atoms. The van der Waals surface area contributed by atoms with Crippen molar-refractivity contribution in [3.63, 3.8) is 0 Å². The fourth-order valence-electron chi connectivity index (χ4n) is 6.89. The van der Waals surface area contributed by atoms with E-state index in [1.54, 1.807) is 0 Å². The van der Waals surface area contributed by atoms with Gasteiger partial charge in [0, 0.05) is 19.4 Å². The van der Waals surface area contributed by atoms with Crippen molar-refractivity contribution in [2.45, 2.75) is 258 Å². The first-order chi connectivity index (χ1) is 26.6. The number of rotatable bonds is 44. The first-order valence-corrected chi connectivity index (χ1v) is 23.9. The molecule has 0 rings (SSSR count). The van der Waals surface area contributed by atoms with Gasteiger partial charge in [0.1, 0.15) is 6.61 Å². The Kier molecular flexibility index (Phi) is 44.4. The number of hydrogen-bond acceptors (Lipinski definition) is 5. The van der Waals surface area contributed by atoms with Crippen molar-refractivity contribution in [2.24, 2.45) is 0 Å². The zero-order valence-electron chi connectivity index (χ0n) is 36.5. The Morgan fingerprint density at radius 2 is 0.778 bits per heavy atom. The number of ether oxygens (including phenoxy) is 3. The van der Waals surface area contributed by atoms with E-state index >= 15 is 0 Å². The molecule has 0 aromatic heterocycles. The van der Waals surface area contributed by atoms with Crippen LogP contribution in [0.4, 0.5) is 0 Å². The molecule has 0 N–H and O–H groups in total. The number of allylic oxidation sites excluding steroid dienone is 4. The number of hydrogen-bond donors (Lipinski definition) is 0. The van der Waals surface area contributed by atoms with Gasteiger partial charge in [-0.15, -0.1) is 0 Å². The quantitative estimate of drug-likeness (QED) is 0.0352. The van der Waals surface area contributed by atoms with Gasteiger partial charge < -0.3 is 14.2 Å². The van der Waals surface area contributed by atoms with Gasteiger partial charge in [-0.25, -0.2) is 0 Å². The molecule has 0 saturated carbocycles. The van der Waals surface area contributed by atoms with E-state index in [9.17, 15) is 9.59 Å². The van der Waals surface area contributed by atoms with Gasteiger partial charge in [0.05, 0.1) is 6.61 Å². The lowest BCUT2D eigenvalue weighted by Gasteiger charge is -2.18. The van der Waals surface area contributed by atoms with E-state index < -0.39 is 6.10 Å². The fraction of sp³-hybridized carbons (Fsp3) is 0.878. The third-order valence-corrected chi connectivity index (χ3v) is 10.5. The molecule has 1 unspecified atom stereocenters. The maximum atomic E-state index is 12.5. The zero-order valence-corrected chi connectivity index (χ0v) is 36.5. The zero-order chi connectivity index (χ0) is 39.3. The highest BCUT2D eigenvalue weighted by Gasteiger charge is 2.17. The molecule has 0 aromatic rings. The minimum atomic E-state index is -0.530. The first-order valence-electron chi connectivity index (χ1n) is 23.9. The van der Waals surface area contributed by atoms with Crippen LogP contribution in [0.15, 0.2) is 24.3 Å². The Hall–Kier alpha value is -1.62. The summed E-state index contributed by atoms with van der Waals surface area (Å²) in [5.74, 6) is -0.403. The normalized spacial score (nSPS) is 12.3. The maximum absolute atomic E-state index is 12.5. The van der Waals surface area contributed by atoms with Crippen LogP contribution in [-0.4, -0.2) is 37.9 Å². The number of esters is 2. The largest absolute Gasteiger partial charge is 0.462 e. The highest BCUT2D eigenvalue weighted by molar-refractivity contribution is 5.70. The molecule has 5 nitrogen and oxygen atoms in total. The molecular weight excluding hydrogens is 669 g/mol. The van der Waals surface area contributed by atoms with Crippen molar-refractivity contribution in [1.29, 1.82) is 0 Å². The molecule has 0 bridgehead atoms. The molecule has 0 spiro atoms. The van der Waals surface area contributed by atoms with Crippen LogP contribution in [0.5, 0.6) is 0 Å². The highest BCUT2D eigenvalue weighted by atomic mass is 16.6. The van der Waals surface area contributed by atoms with Crippen LogP contribution in [0.1, 0.15) is 252 Å². The fourth-order valence-corrected chi connectivity index (χ4v) is 6.89. The van der Waals surface area contributed by atoms with Gasteiger partial charge in [0.2, 0.25) is 0 Å². The molecule has 0 amide bonds. The molecule has 0 aliphatic heterocycles. The molecule has 0 saturated heterocycles. The Morgan fingerprint density at radius 1 is 0.407 bits per heavy atom. The van der Waals surface area contributed by atoms with E-state index in [0.717, 1.165) is 51.4 Å². The summed E-state index contributed by atoms with van der Waals surface area (Å²) in [5.41, 5.74) is 0. The topological polar surface area (TPSA) is 61.8 Å². The average Bonchev–Trinajstić information content (AvgIpc) is 3.17. The Labute approximate surface area is 337 Å². The summed E-state index contributed by atoms with van der Waals surface area (Å²) in [5, 5.41) is 0. The van der Waals surface area contributed by atoms with E-state index in [1.165, 1.54) is 167 Å². The number of carbonyl (C=O) groups excluding carboxylic acids is 2. The second-order valence-corrected chi connectivity index (χ2v) is 16.0. The van der Waals surface area contributed by atoms with Gasteiger partial charge in [-0.3, -0.25) is 9.59 Å². The molecule has 318 valence electrons. The molecule has 1 atom stereocenters. The summed E-state index contributed by atoms with van der Waals surface area (Å²) in [6, 6.07) is 0. The van der Waals surface area contributed by atoms with Gasteiger partial charge in [-0.1, -0.05) is 212 Å². The molecule has 5 heteroatoms. The van der Waals surface area contributed by atoms with Crippen molar-refractivity contribution in [3.05, 3.63) is 24.3 Å². The monoisotopic (exact) mass is 761 g/mol. The summed E-state index contributed by atoms with van der Waals surface area (Å²) < 4.78 is 17.2. The predicted molar refractivity (Wildman–Crippen MR) is 233 cm³/mol. The second-order valence-electron chi connectivity index (χ2n) is 16.0. The van der Waals surface area contributed by atoms with Crippen LogP contribution >= 0.6 is 0 Å². The summed E-state index contributed by atoms with van der Waals surface area (Å²) in [4.78, 5) is 25.0. The van der Waals surface area contributed by atoms with Crippen molar-refractivity contribution >= 4 is 11.9 Å². The van der Waals surface area contributed by atoms with Gasteiger partial charge in [-0.05, 0) is 51.4 Å². The number of carbonyl (C=O) groups is 2. The van der Waals surface area contributed by atoms with E-state index in [4.69, 9.17) is 14.2 Å². The van der Waals surface area contributed by atoms with Crippen LogP contribution < -0.4 is 0 Å². The third-order valence-electron chi connectivity index (χ3n) is 10.5. The maximum Gasteiger partial charge on any atom is 0.306 e. The van der Waals surface area contributed by atoms with E-state index in [1.807, 2.05) is 0 Å². The Morgan fingerprint density at radius 3 is 1.26 bits per heavy atom. The molecular formula is C49H92O5. The molecule has 0 heterocycles. The standard InChI is InChI=1S/C49H92O5/c1-4-7-10-13-15-17-19-21-23-25-26-28-30-32-34-37-39-42-48(50)53-46-47(54-49(51)43-40-36-12-9-6-3)45-52-44-41-38-35-33-31-29-27-24-22-20-18-16-14-11-8-5-2/h16,18,22,24,47H,4-15,17,19-21,23,25-46H2,1-3H3/b18-16-,24-22-. The smallest absolute Gasteiger partial charge is 0.306 e. The van der Waals surface area contributed by atoms with Gasteiger partial charge in [0.15, 0.2) is 6.10 Å². The van der Waals surface area contributed by atoms with E-state index in [2.05, 4.69) is 45.1 Å². The third kappa shape index (κ3) is 43.1. The van der Waals surface area contributed by atoms with Crippen molar-refractivity contribution < 1.29 is 23.8 Å². The minimum absolute atomic E-state index is 0.0864. The summed E-state index contributed by atoms with van der Waals surface area (Å²) >= 11 is 0. The average molecular weight is 761 g/mol. The van der Waals surface area contributed by atoms with Crippen molar-refractivity contribution in [3.8, 4) is 0 Å². The van der Waals surface area contributed by atoms with Crippen LogP contribution in [0, 0.1) is 0 Å². The Balaban J connectivity index is 4.01. The summed E-state index contributed by atoms with van der Waals surface area (Å²) in [6.45, 7) is 7.75. The summed E-state index contributed by atoms with van der Waals surface area (Å²) in [6.07, 6.45) is 52.1. The van der Waals surface area contributed by atoms with E-state index in [0.29, 0.717) is 19.4 Å². The van der Waals surface area contributed by atoms with Gasteiger partial charge in [0.25, 0.3) is 0 Å². The Bertz CT molecular complexity index is 821. The van der Waals surface area contributed by atoms with E-state index in [-0.39, 0.29) is 25.2 Å². The highest BCUT2D eigenvalue weighted by Crippen LogP contribution is 2.15. The molecule has 0 fully saturated rings. The summed E-state index contributed by atoms with van der Waals surface area (Å²) in [7, 11) is 0. The van der Waals surface area contributed by atoms with Crippen LogP contribution in [0.25, 0.3) is 0 Å². The molecule has 0 aliphatic rings. The van der Waals surface area contributed by atoms with Crippen molar-refractivity contribution in [1.82, 2.24) is 0 Å². The molecule has 0 radical (unpaired) electrons. The minimum Gasteiger partial charge on any atom is -0.462 e. The van der Waals surface area contributed by atoms with Crippen LogP contribution in [0.2, 0.25) is 0 Å². The molecule has 0 aromatic carbocycles. The van der Waals surface area contributed by atoms with Crippen molar-refractivity contribution in [2.75, 3.05) is 19.8 Å². The lowest BCUT2D eigenvalue weighted by molar-refractivity contribution is -0.163. The van der Waals surface area contributed by atoms with Gasteiger partial charge >= 0.3 is 11.9 Å². The van der Waals surface area contributed by atoms with Crippen LogP contribution in [0.3, 0.4) is 0 Å². The number of unbranched alkanes of at least 4 members (excludes halogenated alkanes) is 29. The second kappa shape index (κ2) is 45.8. The molecule has 0 aliphatic carbocycles. The predicted octanol–water partition coefficient (Wildman–Crippen LogP) is 15.7. The lowest BCUT2D eigenvalue weighted by atomic mass is 10.0. The first kappa shape index (κ1) is 52.4. The van der Waals surface area contributed by atoms with Gasteiger partial charge in [-0.2, -0.15) is 0 Å². The van der Waals surface area contributed by atoms with Crippen LogP contribution in [-0.2, 0) is 23.8 Å². The lowest BCUT2D eigenvalue weighted by Crippen LogP contribution is -2.30.